The molecule has 0 spiro atoms. The number of carbonyl (C=O) groups excluding carboxylic acids is 2. The van der Waals surface area contributed by atoms with Crippen molar-refractivity contribution in [2.75, 3.05) is 0 Å². The van der Waals surface area contributed by atoms with E-state index in [0.29, 0.717) is 6.54 Å². The van der Waals surface area contributed by atoms with E-state index < -0.39 is 20.3 Å². The van der Waals surface area contributed by atoms with Gasteiger partial charge in [-0.1, -0.05) is 112 Å². The Bertz CT molecular complexity index is 1190. The number of rotatable bonds is 9. The summed E-state index contributed by atoms with van der Waals surface area (Å²) in [6.45, 7) is 12.5. The Hall–Kier alpha value is -3.22. The van der Waals surface area contributed by atoms with E-state index in [1.54, 1.807) is 0 Å². The number of likely N-dealkylation sites (tertiary alicyclic amines) is 1. The number of nitrogens with zero attached hydrogens (tertiary/aromatic N) is 1. The van der Waals surface area contributed by atoms with Gasteiger partial charge in [0.05, 0.1) is 18.1 Å². The molecule has 3 aromatic rings. The van der Waals surface area contributed by atoms with Crippen molar-refractivity contribution in [3.8, 4) is 0 Å². The van der Waals surface area contributed by atoms with Gasteiger partial charge < -0.3 is 14.1 Å². The van der Waals surface area contributed by atoms with E-state index in [9.17, 15) is 9.59 Å². The fourth-order valence-electron chi connectivity index (χ4n) is 5.96. The summed E-state index contributed by atoms with van der Waals surface area (Å²) in [6.07, 6.45) is -0.840. The molecule has 1 saturated heterocycles. The van der Waals surface area contributed by atoms with Gasteiger partial charge in [-0.05, 0) is 34.8 Å². The van der Waals surface area contributed by atoms with Crippen LogP contribution in [-0.2, 0) is 25.3 Å². The highest BCUT2D eigenvalue weighted by Gasteiger charge is 2.57. The Morgan fingerprint density at radius 2 is 1.32 bits per heavy atom. The van der Waals surface area contributed by atoms with E-state index in [1.165, 1.54) is 17.3 Å². The van der Waals surface area contributed by atoms with Crippen LogP contribution in [0.4, 0.5) is 0 Å². The third kappa shape index (κ3) is 5.33. The molecule has 4 atom stereocenters. The van der Waals surface area contributed by atoms with Crippen molar-refractivity contribution in [2.45, 2.75) is 71.4 Å². The molecule has 1 aliphatic heterocycles. The lowest BCUT2D eigenvalue weighted by Crippen LogP contribution is -2.73. The lowest BCUT2D eigenvalue weighted by Gasteiger charge is -2.54. The zero-order chi connectivity index (χ0) is 27.5. The average molecular weight is 530 g/mol. The normalized spacial score (nSPS) is 19.4. The summed E-state index contributed by atoms with van der Waals surface area (Å²) in [6, 6.07) is 30.8. The molecule has 200 valence electrons. The van der Waals surface area contributed by atoms with E-state index in [1.807, 2.05) is 54.3 Å². The molecule has 1 amide bonds. The van der Waals surface area contributed by atoms with Crippen LogP contribution in [0.15, 0.2) is 91.0 Å². The molecule has 0 saturated carbocycles. The zero-order valence-corrected chi connectivity index (χ0v) is 24.3. The molecule has 0 aliphatic carbocycles. The molecule has 1 fully saturated rings. The number of benzene rings is 3. The maximum atomic E-state index is 13.5. The van der Waals surface area contributed by atoms with Crippen molar-refractivity contribution < 1.29 is 18.8 Å². The van der Waals surface area contributed by atoms with Gasteiger partial charge in [0.25, 0.3) is 8.32 Å². The molecule has 0 unspecified atom stereocenters. The molecule has 1 aliphatic rings. The Balaban J connectivity index is 1.77. The van der Waals surface area contributed by atoms with Gasteiger partial charge >= 0.3 is 5.97 Å². The summed E-state index contributed by atoms with van der Waals surface area (Å²) in [5.74, 6) is -0.854. The summed E-state index contributed by atoms with van der Waals surface area (Å²) in [5, 5.41) is 2.18. The van der Waals surface area contributed by atoms with Crippen molar-refractivity contribution in [1.82, 2.24) is 4.90 Å². The van der Waals surface area contributed by atoms with Crippen molar-refractivity contribution >= 4 is 30.6 Å². The van der Waals surface area contributed by atoms with Crippen LogP contribution in [-0.4, -0.2) is 43.3 Å². The minimum Gasteiger partial charge on any atom is -0.462 e. The standard InChI is InChI=1S/C32H39NO4Si/c1-23(36-25(3)34)29-30(33(31(29)35)22-26-16-10-7-11-17-26)24(2)37-38(32(4,5)6,27-18-12-8-13-19-27)28-20-14-9-15-21-28/h7-21,23-24,29-30H,22H2,1-6H3/t23-,24+,29-,30-/m1/s1. The molecular weight excluding hydrogens is 490 g/mol. The van der Waals surface area contributed by atoms with Crippen LogP contribution < -0.4 is 10.4 Å². The predicted molar refractivity (Wildman–Crippen MR) is 154 cm³/mol. The maximum absolute atomic E-state index is 13.5. The molecule has 38 heavy (non-hydrogen) atoms. The van der Waals surface area contributed by atoms with Crippen LogP contribution in [0.3, 0.4) is 0 Å². The molecular formula is C32H39NO4Si. The molecule has 0 radical (unpaired) electrons. The van der Waals surface area contributed by atoms with Gasteiger partial charge in [-0.25, -0.2) is 0 Å². The van der Waals surface area contributed by atoms with E-state index >= 15 is 0 Å². The van der Waals surface area contributed by atoms with Crippen molar-refractivity contribution in [2.24, 2.45) is 5.92 Å². The second-order valence-corrected chi connectivity index (χ2v) is 15.5. The van der Waals surface area contributed by atoms with Gasteiger partial charge in [-0.15, -0.1) is 0 Å². The fraction of sp³-hybridized carbons (Fsp3) is 0.375. The molecule has 5 nitrogen and oxygen atoms in total. The molecule has 3 aromatic carbocycles. The lowest BCUT2D eigenvalue weighted by atomic mass is 9.80. The molecule has 1 heterocycles. The first kappa shape index (κ1) is 27.8. The largest absolute Gasteiger partial charge is 0.462 e. The lowest BCUT2D eigenvalue weighted by molar-refractivity contribution is -0.180. The highest BCUT2D eigenvalue weighted by Crippen LogP contribution is 2.41. The van der Waals surface area contributed by atoms with Crippen molar-refractivity contribution in [3.63, 3.8) is 0 Å². The van der Waals surface area contributed by atoms with Gasteiger partial charge in [0.1, 0.15) is 6.10 Å². The minimum atomic E-state index is -2.84. The van der Waals surface area contributed by atoms with E-state index in [4.69, 9.17) is 9.16 Å². The number of carbonyl (C=O) groups is 2. The third-order valence-electron chi connectivity index (χ3n) is 7.61. The first-order valence-electron chi connectivity index (χ1n) is 13.4. The van der Waals surface area contributed by atoms with Crippen LogP contribution >= 0.6 is 0 Å². The second kappa shape index (κ2) is 11.3. The fourth-order valence-corrected chi connectivity index (χ4v) is 10.7. The Labute approximate surface area is 227 Å². The molecule has 0 aromatic heterocycles. The highest BCUT2D eigenvalue weighted by molar-refractivity contribution is 6.99. The summed E-state index contributed by atoms with van der Waals surface area (Å²) in [7, 11) is -2.84. The number of ether oxygens (including phenoxy) is 1. The van der Waals surface area contributed by atoms with Crippen LogP contribution in [0, 0.1) is 5.92 Å². The van der Waals surface area contributed by atoms with Gasteiger partial charge in [-0.3, -0.25) is 9.59 Å². The molecule has 6 heteroatoms. The van der Waals surface area contributed by atoms with Crippen LogP contribution in [0.2, 0.25) is 5.04 Å². The molecule has 0 N–H and O–H groups in total. The second-order valence-electron chi connectivity index (χ2n) is 11.3. The first-order chi connectivity index (χ1) is 18.1. The van der Waals surface area contributed by atoms with Gasteiger partial charge in [0.2, 0.25) is 5.91 Å². The summed E-state index contributed by atoms with van der Waals surface area (Å²) in [5.41, 5.74) is 1.06. The van der Waals surface area contributed by atoms with Crippen molar-refractivity contribution in [3.05, 3.63) is 96.6 Å². The number of hydrogen-bond acceptors (Lipinski definition) is 4. The SMILES string of the molecule is CC(=O)O[C@H](C)[C@H]1C(=O)N(Cc2ccccc2)[C@@H]1[C@H](C)O[Si](c1ccccc1)(c1ccccc1)C(C)(C)C. The number of hydrogen-bond donors (Lipinski definition) is 0. The highest BCUT2D eigenvalue weighted by atomic mass is 28.4. The maximum Gasteiger partial charge on any atom is 0.302 e. The van der Waals surface area contributed by atoms with Crippen LogP contribution in [0.5, 0.6) is 0 Å². The summed E-state index contributed by atoms with van der Waals surface area (Å²) >= 11 is 0. The van der Waals surface area contributed by atoms with Crippen LogP contribution in [0.1, 0.15) is 47.1 Å². The smallest absolute Gasteiger partial charge is 0.302 e. The van der Waals surface area contributed by atoms with Crippen molar-refractivity contribution in [1.29, 1.82) is 0 Å². The van der Waals surface area contributed by atoms with Gasteiger partial charge in [0.15, 0.2) is 0 Å². The Kier molecular flexibility index (Phi) is 8.24. The van der Waals surface area contributed by atoms with Gasteiger partial charge in [0, 0.05) is 13.5 Å². The summed E-state index contributed by atoms with van der Waals surface area (Å²) in [4.78, 5) is 27.2. The number of esters is 1. The molecule has 0 bridgehead atoms. The Morgan fingerprint density at radius 3 is 1.76 bits per heavy atom. The predicted octanol–water partition coefficient (Wildman–Crippen LogP) is 4.93. The quantitative estimate of drug-likeness (QED) is 0.224. The van der Waals surface area contributed by atoms with E-state index in [-0.39, 0.29) is 29.1 Å². The zero-order valence-electron chi connectivity index (χ0n) is 23.3. The van der Waals surface area contributed by atoms with Crippen LogP contribution in [0.25, 0.3) is 0 Å². The van der Waals surface area contributed by atoms with E-state index in [0.717, 1.165) is 5.56 Å². The average Bonchev–Trinajstić information content (AvgIpc) is 2.89. The molecule has 4 rings (SSSR count). The number of amides is 1. The third-order valence-corrected chi connectivity index (χ3v) is 12.7. The Morgan fingerprint density at radius 1 is 0.842 bits per heavy atom. The first-order valence-corrected chi connectivity index (χ1v) is 15.3. The monoisotopic (exact) mass is 529 g/mol. The topological polar surface area (TPSA) is 55.8 Å². The minimum absolute atomic E-state index is 0.00880. The van der Waals surface area contributed by atoms with E-state index in [2.05, 4.69) is 76.2 Å². The summed E-state index contributed by atoms with van der Waals surface area (Å²) < 4.78 is 12.9. The van der Waals surface area contributed by atoms with Gasteiger partial charge in [-0.2, -0.15) is 0 Å². The number of β-lactam (4-membered cyclic amide) rings is 1.